The van der Waals surface area contributed by atoms with Gasteiger partial charge in [0.05, 0.1) is 29.2 Å². The first-order chi connectivity index (χ1) is 16.0. The van der Waals surface area contributed by atoms with Crippen molar-refractivity contribution < 1.29 is 19.1 Å². The first-order valence-corrected chi connectivity index (χ1v) is 11.0. The molecule has 2 fully saturated rings. The molecule has 0 aromatic carbocycles. The van der Waals surface area contributed by atoms with Gasteiger partial charge in [-0.05, 0) is 49.7 Å². The SMILES string of the molecule is CO[C@H](CN1CCC2(CC1)C[C@@H](C)N(C1=CC(=O)OC1)C2=O)c1cnc(-n2cnnn2)cn1. The van der Waals surface area contributed by atoms with Gasteiger partial charge in [-0.2, -0.15) is 4.68 Å². The van der Waals surface area contributed by atoms with Crippen molar-refractivity contribution in [3.8, 4) is 5.82 Å². The number of hydrogen-bond acceptors (Lipinski definition) is 10. The molecule has 3 aliphatic heterocycles. The Morgan fingerprint density at radius 3 is 2.67 bits per heavy atom. The highest BCUT2D eigenvalue weighted by molar-refractivity contribution is 5.91. The lowest BCUT2D eigenvalue weighted by atomic mass is 9.76. The van der Waals surface area contributed by atoms with Crippen LogP contribution in [0.15, 0.2) is 30.5 Å². The standard InChI is InChI=1S/C21H26N8O4/c1-14-8-21(20(31)29(14)15-7-19(30)33-12-15)3-5-27(6-4-21)11-17(32-2)16-9-23-18(10-22-16)28-13-24-25-26-28/h7,9-10,13-14,17H,3-6,8,11-12H2,1-2H3/t14-,17-/m1/s1. The van der Waals surface area contributed by atoms with Crippen molar-refractivity contribution in [3.63, 3.8) is 0 Å². The summed E-state index contributed by atoms with van der Waals surface area (Å²) in [5.41, 5.74) is 1.03. The smallest absolute Gasteiger partial charge is 0.333 e. The van der Waals surface area contributed by atoms with Crippen LogP contribution in [-0.4, -0.2) is 91.2 Å². The Hall–Kier alpha value is -3.25. The molecule has 2 aromatic heterocycles. The number of rotatable bonds is 6. The number of likely N-dealkylation sites (tertiary alicyclic amines) is 2. The number of tetrazole rings is 1. The monoisotopic (exact) mass is 454 g/mol. The summed E-state index contributed by atoms with van der Waals surface area (Å²) in [4.78, 5) is 37.8. The highest BCUT2D eigenvalue weighted by atomic mass is 16.5. The van der Waals surface area contributed by atoms with Gasteiger partial charge in [-0.3, -0.25) is 9.78 Å². The number of carbonyl (C=O) groups excluding carboxylic acids is 2. The number of methoxy groups -OCH3 is 1. The zero-order chi connectivity index (χ0) is 23.0. The van der Waals surface area contributed by atoms with Gasteiger partial charge in [0.15, 0.2) is 5.82 Å². The van der Waals surface area contributed by atoms with Crippen LogP contribution in [0.2, 0.25) is 0 Å². The second-order valence-electron chi connectivity index (χ2n) is 8.83. The van der Waals surface area contributed by atoms with Crippen molar-refractivity contribution in [2.45, 2.75) is 38.3 Å². The average molecular weight is 454 g/mol. The summed E-state index contributed by atoms with van der Waals surface area (Å²) in [6.45, 7) is 4.46. The summed E-state index contributed by atoms with van der Waals surface area (Å²) >= 11 is 0. The van der Waals surface area contributed by atoms with E-state index in [-0.39, 0.29) is 36.0 Å². The third kappa shape index (κ3) is 4.00. The molecular formula is C21H26N8O4. The number of nitrogens with zero attached hydrogens (tertiary/aromatic N) is 8. The fourth-order valence-electron chi connectivity index (χ4n) is 5.10. The van der Waals surface area contributed by atoms with Crippen molar-refractivity contribution in [1.82, 2.24) is 40.0 Å². The molecule has 2 aromatic rings. The van der Waals surface area contributed by atoms with E-state index in [1.165, 1.54) is 17.1 Å². The molecule has 0 saturated carbocycles. The van der Waals surface area contributed by atoms with Crippen LogP contribution in [0.5, 0.6) is 0 Å². The fourth-order valence-corrected chi connectivity index (χ4v) is 5.10. The number of esters is 1. The Balaban J connectivity index is 1.21. The predicted molar refractivity (Wildman–Crippen MR) is 113 cm³/mol. The minimum Gasteiger partial charge on any atom is -0.456 e. The molecule has 1 amide bonds. The van der Waals surface area contributed by atoms with Crippen LogP contribution in [0.25, 0.3) is 5.82 Å². The van der Waals surface area contributed by atoms with Crippen LogP contribution in [-0.2, 0) is 19.1 Å². The second kappa shape index (κ2) is 8.60. The molecule has 0 radical (unpaired) electrons. The summed E-state index contributed by atoms with van der Waals surface area (Å²) in [6, 6.07) is 0.0606. The van der Waals surface area contributed by atoms with Crippen LogP contribution < -0.4 is 0 Å². The van der Waals surface area contributed by atoms with E-state index >= 15 is 0 Å². The maximum absolute atomic E-state index is 13.4. The number of cyclic esters (lactones) is 1. The molecule has 5 rings (SSSR count). The summed E-state index contributed by atoms with van der Waals surface area (Å²) in [7, 11) is 1.66. The van der Waals surface area contributed by atoms with Gasteiger partial charge < -0.3 is 19.3 Å². The Bertz CT molecular complexity index is 1050. The highest BCUT2D eigenvalue weighted by Gasteiger charge is 2.52. The molecule has 12 nitrogen and oxygen atoms in total. The van der Waals surface area contributed by atoms with Gasteiger partial charge in [-0.15, -0.1) is 5.10 Å². The molecule has 5 heterocycles. The summed E-state index contributed by atoms with van der Waals surface area (Å²) in [5.74, 6) is 0.272. The quantitative estimate of drug-likeness (QED) is 0.561. The van der Waals surface area contributed by atoms with Gasteiger partial charge in [0.1, 0.15) is 19.0 Å². The van der Waals surface area contributed by atoms with Gasteiger partial charge in [0.2, 0.25) is 5.91 Å². The number of aromatic nitrogens is 6. The van der Waals surface area contributed by atoms with Crippen LogP contribution in [0.4, 0.5) is 0 Å². The molecule has 12 heteroatoms. The van der Waals surface area contributed by atoms with Gasteiger partial charge in [-0.25, -0.2) is 9.78 Å². The maximum atomic E-state index is 13.4. The number of carbonyl (C=O) groups is 2. The maximum Gasteiger partial charge on any atom is 0.333 e. The highest BCUT2D eigenvalue weighted by Crippen LogP contribution is 2.46. The molecule has 0 aliphatic carbocycles. The lowest BCUT2D eigenvalue weighted by Crippen LogP contribution is -2.45. The minimum absolute atomic E-state index is 0.0606. The second-order valence-corrected chi connectivity index (χ2v) is 8.83. The Kier molecular flexibility index (Phi) is 5.62. The lowest BCUT2D eigenvalue weighted by molar-refractivity contribution is -0.139. The normalized spacial score (nSPS) is 23.8. The number of piperidine rings is 1. The minimum atomic E-state index is -0.377. The van der Waals surface area contributed by atoms with E-state index in [1.807, 2.05) is 6.92 Å². The molecule has 2 atom stereocenters. The average Bonchev–Trinajstić information content (AvgIpc) is 3.55. The molecule has 2 saturated heterocycles. The largest absolute Gasteiger partial charge is 0.456 e. The van der Waals surface area contributed by atoms with E-state index in [2.05, 4.69) is 30.4 Å². The van der Waals surface area contributed by atoms with E-state index in [1.54, 1.807) is 24.4 Å². The molecule has 33 heavy (non-hydrogen) atoms. The Morgan fingerprint density at radius 2 is 2.06 bits per heavy atom. The number of amides is 1. The lowest BCUT2D eigenvalue weighted by Gasteiger charge is -2.39. The van der Waals surface area contributed by atoms with Crippen molar-refractivity contribution in [2.75, 3.05) is 33.4 Å². The van der Waals surface area contributed by atoms with E-state index in [4.69, 9.17) is 9.47 Å². The number of ether oxygens (including phenoxy) is 2. The first kappa shape index (κ1) is 21.6. The van der Waals surface area contributed by atoms with E-state index in [9.17, 15) is 9.59 Å². The first-order valence-electron chi connectivity index (χ1n) is 11.0. The predicted octanol–water partition coefficient (Wildman–Crippen LogP) is 0.284. The van der Waals surface area contributed by atoms with Gasteiger partial charge in [0, 0.05) is 25.8 Å². The van der Waals surface area contributed by atoms with Crippen LogP contribution in [0.1, 0.15) is 38.0 Å². The van der Waals surface area contributed by atoms with Crippen molar-refractivity contribution in [2.24, 2.45) is 5.41 Å². The molecule has 174 valence electrons. The third-order valence-corrected chi connectivity index (χ3v) is 6.85. The van der Waals surface area contributed by atoms with Gasteiger partial charge >= 0.3 is 5.97 Å². The molecule has 0 N–H and O–H groups in total. The zero-order valence-electron chi connectivity index (χ0n) is 18.6. The van der Waals surface area contributed by atoms with Gasteiger partial charge in [0.25, 0.3) is 0 Å². The van der Waals surface area contributed by atoms with Gasteiger partial charge in [-0.1, -0.05) is 0 Å². The van der Waals surface area contributed by atoms with Crippen LogP contribution in [0.3, 0.4) is 0 Å². The molecule has 0 unspecified atom stereocenters. The van der Waals surface area contributed by atoms with Crippen molar-refractivity contribution in [3.05, 3.63) is 36.2 Å². The van der Waals surface area contributed by atoms with E-state index in [0.29, 0.717) is 18.1 Å². The Morgan fingerprint density at radius 1 is 1.24 bits per heavy atom. The topological polar surface area (TPSA) is 128 Å². The van der Waals surface area contributed by atoms with Crippen molar-refractivity contribution in [1.29, 1.82) is 0 Å². The summed E-state index contributed by atoms with van der Waals surface area (Å²) < 4.78 is 12.2. The van der Waals surface area contributed by atoms with Crippen LogP contribution in [0, 0.1) is 5.41 Å². The molecule has 1 spiro atoms. The molecule has 3 aliphatic rings. The summed E-state index contributed by atoms with van der Waals surface area (Å²) in [5, 5.41) is 11.0. The van der Waals surface area contributed by atoms with Crippen molar-refractivity contribution >= 4 is 11.9 Å². The molecular weight excluding hydrogens is 428 g/mol. The zero-order valence-corrected chi connectivity index (χ0v) is 18.6. The molecule has 0 bridgehead atoms. The van der Waals surface area contributed by atoms with E-state index in [0.717, 1.165) is 38.0 Å². The Labute approximate surface area is 190 Å². The fraction of sp³-hybridized carbons (Fsp3) is 0.571. The third-order valence-electron chi connectivity index (χ3n) is 6.85. The summed E-state index contributed by atoms with van der Waals surface area (Å²) in [6.07, 6.45) is 8.29. The number of hydrogen-bond donors (Lipinski definition) is 0. The van der Waals surface area contributed by atoms with E-state index < -0.39 is 0 Å². The van der Waals surface area contributed by atoms with Crippen LogP contribution >= 0.6 is 0 Å².